The minimum atomic E-state index is -9.52. The van der Waals surface area contributed by atoms with E-state index in [1.54, 1.807) is 0 Å². The Bertz CT molecular complexity index is 1230. The highest BCUT2D eigenvalue weighted by molar-refractivity contribution is 5.16. The summed E-state index contributed by atoms with van der Waals surface area (Å²) < 4.78 is 452. The molecule has 0 atom stereocenters. The van der Waals surface area contributed by atoms with E-state index < -0.39 is 108 Å². The fourth-order valence-corrected chi connectivity index (χ4v) is 2.78. The van der Waals surface area contributed by atoms with Crippen LogP contribution in [0, 0.1) is 0 Å². The molecule has 2 nitrogen and oxygen atoms in total. The molecule has 0 unspecified atom stereocenters. The summed E-state index contributed by atoms with van der Waals surface area (Å²) in [6.45, 7) is -8.67. The summed E-state index contributed by atoms with van der Waals surface area (Å²) in [5.41, 5.74) is 0. The van der Waals surface area contributed by atoms with Gasteiger partial charge < -0.3 is 0 Å². The molecule has 0 spiro atoms. The van der Waals surface area contributed by atoms with Gasteiger partial charge in [-0.25, -0.2) is 8.78 Å². The van der Waals surface area contributed by atoms with Gasteiger partial charge in [0, 0.05) is 0 Å². The van der Waals surface area contributed by atoms with Crippen molar-refractivity contribution in [2.45, 2.75) is 95.1 Å². The molecule has 0 radical (unpaired) electrons. The van der Waals surface area contributed by atoms with Crippen LogP contribution in [0.2, 0.25) is 0 Å². The average Bonchev–Trinajstić information content (AvgIpc) is 2.98. The first-order valence-corrected chi connectivity index (χ1v) is 11.4. The molecule has 0 aliphatic rings. The first-order valence-electron chi connectivity index (χ1n) is 11.4. The normalized spacial score (nSPS) is 17.0. The number of hydrogen-bond donors (Lipinski definition) is 0. The van der Waals surface area contributed by atoms with Crippen LogP contribution in [0.3, 0.4) is 0 Å². The Kier molecular flexibility index (Phi) is 12.4. The zero-order valence-electron chi connectivity index (χ0n) is 23.1. The second-order valence-electron chi connectivity index (χ2n) is 9.77. The van der Waals surface area contributed by atoms with Gasteiger partial charge in [0.1, 0.15) is 0 Å². The molecule has 0 bridgehead atoms. The first kappa shape index (κ1) is 51.5. The van der Waals surface area contributed by atoms with Crippen molar-refractivity contribution < 1.29 is 159 Å². The second kappa shape index (κ2) is 13.0. The maximum absolute atomic E-state index is 13.6. The lowest BCUT2D eigenvalue weighted by Crippen LogP contribution is -2.75. The van der Waals surface area contributed by atoms with E-state index in [0.29, 0.717) is 0 Å². The highest BCUT2D eigenvalue weighted by Gasteiger charge is 2.97. The highest BCUT2D eigenvalue weighted by atomic mass is 19.4. The number of hydrogen-bond acceptors (Lipinski definition) is 2. The van der Waals surface area contributed by atoms with E-state index in [4.69, 9.17) is 0 Å². The predicted octanol–water partition coefficient (Wildman–Crippen LogP) is 11.0. The molecule has 0 aromatic carbocycles. The maximum Gasteiger partial charge on any atom is 0.452 e. The second-order valence-corrected chi connectivity index (χ2v) is 9.77. The van der Waals surface area contributed by atoms with Gasteiger partial charge in [-0.2, -0.15) is 150 Å². The zero-order valence-corrected chi connectivity index (χ0v) is 23.1. The van der Waals surface area contributed by atoms with E-state index in [9.17, 15) is 149 Å². The molecular weight excluding hydrogens is 894 g/mol. The molecule has 326 valence electrons. The van der Waals surface area contributed by atoms with Crippen LogP contribution in [0.5, 0.6) is 0 Å². The summed E-state index contributed by atoms with van der Waals surface area (Å²) in [5, 5.41) is 0. The molecule has 54 heavy (non-hydrogen) atoms. The molecule has 0 heterocycles. The summed E-state index contributed by atoms with van der Waals surface area (Å²) in [6, 6.07) is 0. The van der Waals surface area contributed by atoms with Crippen molar-refractivity contribution in [2.75, 3.05) is 13.3 Å². The van der Waals surface area contributed by atoms with Crippen molar-refractivity contribution in [2.24, 2.45) is 0 Å². The summed E-state index contributed by atoms with van der Waals surface area (Å²) >= 11 is 0. The quantitative estimate of drug-likeness (QED) is 0.0731. The molecule has 0 aliphatic heterocycles. The van der Waals surface area contributed by atoms with Crippen LogP contribution >= 0.6 is 0 Å². The minimum Gasteiger partial charge on any atom is -0.244 e. The molecular formula is C18H4F34O2. The molecule has 0 N–H and O–H groups in total. The Hall–Kier alpha value is -2.46. The smallest absolute Gasteiger partial charge is 0.244 e. The molecule has 0 rings (SSSR count). The number of rotatable bonds is 19. The fraction of sp³-hybridized carbons (Fsp3) is 1.00. The van der Waals surface area contributed by atoms with Crippen LogP contribution in [0.4, 0.5) is 149 Å². The van der Waals surface area contributed by atoms with E-state index in [-0.39, 0.29) is 0 Å². The van der Waals surface area contributed by atoms with Gasteiger partial charge in [0.15, 0.2) is 13.3 Å². The Morgan fingerprint density at radius 1 is 0.204 bits per heavy atom. The van der Waals surface area contributed by atoms with Gasteiger partial charge in [-0.1, -0.05) is 0 Å². The lowest BCUT2D eigenvalue weighted by atomic mass is 9.89. The van der Waals surface area contributed by atoms with Crippen molar-refractivity contribution in [3.8, 4) is 0 Å². The SMILES string of the molecule is FCC(F)(F)C(F)(F)C(F)(F)C(F)(F)C(F)(F)C(F)(F)C(F)(F)C(F)(F)OOC(F)(F)C(F)(F)C(F)(F)C(F)(F)C(F)(F)C(F)(F)C(F)(F)C(F)(F)CF. The number of alkyl halides is 34. The van der Waals surface area contributed by atoms with Gasteiger partial charge in [-0.05, 0) is 0 Å². The third kappa shape index (κ3) is 6.26. The Morgan fingerprint density at radius 3 is 0.481 bits per heavy atom. The van der Waals surface area contributed by atoms with Crippen LogP contribution in [0.1, 0.15) is 0 Å². The Balaban J connectivity index is 7.10. The van der Waals surface area contributed by atoms with Gasteiger partial charge in [-0.15, -0.1) is 0 Å². The lowest BCUT2D eigenvalue weighted by Gasteiger charge is -2.43. The van der Waals surface area contributed by atoms with Crippen molar-refractivity contribution >= 4 is 0 Å². The summed E-state index contributed by atoms with van der Waals surface area (Å²) in [5.74, 6) is -125. The Morgan fingerprint density at radius 2 is 0.333 bits per heavy atom. The van der Waals surface area contributed by atoms with Crippen LogP contribution in [0.25, 0.3) is 0 Å². The van der Waals surface area contributed by atoms with Crippen LogP contribution < -0.4 is 0 Å². The lowest BCUT2D eigenvalue weighted by molar-refractivity contribution is -0.593. The first-order chi connectivity index (χ1) is 22.8. The summed E-state index contributed by atoms with van der Waals surface area (Å²) in [6.07, 6.45) is -17.7. The van der Waals surface area contributed by atoms with Gasteiger partial charge >= 0.3 is 95.1 Å². The Labute approximate surface area is 269 Å². The van der Waals surface area contributed by atoms with E-state index in [1.807, 2.05) is 0 Å². The predicted molar refractivity (Wildman–Crippen MR) is 93.3 cm³/mol. The van der Waals surface area contributed by atoms with Crippen molar-refractivity contribution in [1.82, 2.24) is 0 Å². The standard InChI is InChI=1S/C18H4F34O2/c19-1-3(21,22)5(25,26)7(29,30)9(33,34)11(37,38)13(41,42)15(45,46)17(49,50)53-54-18(51,52)16(47,48)14(43,44)12(39,40)10(35,36)8(31,32)6(27,28)4(23,24)2-20/h1-2H2. The van der Waals surface area contributed by atoms with Gasteiger partial charge in [0.2, 0.25) is 0 Å². The number of halogens is 34. The molecule has 0 aliphatic carbocycles. The van der Waals surface area contributed by atoms with E-state index in [0.717, 1.165) is 9.78 Å². The molecule has 0 aromatic heterocycles. The maximum atomic E-state index is 13.6. The molecule has 0 saturated carbocycles. The fourth-order valence-electron chi connectivity index (χ4n) is 2.78. The van der Waals surface area contributed by atoms with Gasteiger partial charge in [0.25, 0.3) is 0 Å². The molecule has 0 saturated heterocycles. The van der Waals surface area contributed by atoms with E-state index >= 15 is 0 Å². The van der Waals surface area contributed by atoms with Crippen molar-refractivity contribution in [1.29, 1.82) is 0 Å². The average molecular weight is 898 g/mol. The minimum absolute atomic E-state index is 0.887. The van der Waals surface area contributed by atoms with E-state index in [1.165, 1.54) is 0 Å². The zero-order chi connectivity index (χ0) is 44.8. The molecule has 0 fully saturated rings. The summed E-state index contributed by atoms with van der Waals surface area (Å²) in [7, 11) is 0. The van der Waals surface area contributed by atoms with Crippen LogP contribution in [0.15, 0.2) is 0 Å². The van der Waals surface area contributed by atoms with Crippen LogP contribution in [-0.4, -0.2) is 108 Å². The van der Waals surface area contributed by atoms with Crippen LogP contribution in [-0.2, 0) is 9.78 Å². The third-order valence-corrected chi connectivity index (χ3v) is 6.18. The van der Waals surface area contributed by atoms with Gasteiger partial charge in [0.05, 0.1) is 0 Å². The molecule has 36 heteroatoms. The van der Waals surface area contributed by atoms with Crippen molar-refractivity contribution in [3.05, 3.63) is 0 Å². The monoisotopic (exact) mass is 898 g/mol. The molecule has 0 amide bonds. The third-order valence-electron chi connectivity index (χ3n) is 6.18. The molecule has 0 aromatic rings. The van der Waals surface area contributed by atoms with Gasteiger partial charge in [-0.3, -0.25) is 0 Å². The topological polar surface area (TPSA) is 18.5 Å². The highest BCUT2D eigenvalue weighted by Crippen LogP contribution is 2.66. The summed E-state index contributed by atoms with van der Waals surface area (Å²) in [4.78, 5) is 1.77. The van der Waals surface area contributed by atoms with E-state index in [2.05, 4.69) is 0 Å². The van der Waals surface area contributed by atoms with Crippen molar-refractivity contribution in [3.63, 3.8) is 0 Å². The largest absolute Gasteiger partial charge is 0.452 e.